The largest absolute Gasteiger partial charge is 0.495 e. The van der Waals surface area contributed by atoms with Gasteiger partial charge in [-0.2, -0.15) is 0 Å². The molecule has 0 saturated carbocycles. The Morgan fingerprint density at radius 3 is 2.67 bits per heavy atom. The van der Waals surface area contributed by atoms with Crippen molar-refractivity contribution in [2.75, 3.05) is 12.4 Å². The molecule has 1 atom stereocenters. The number of nitrogens with zero attached hydrogens (tertiary/aromatic N) is 1. The molecule has 2 aliphatic heterocycles. The fraction of sp³-hybridized carbons (Fsp3) is 0.154. The molecule has 3 aromatic rings. The highest BCUT2D eigenvalue weighted by Gasteiger charge is 2.44. The number of amides is 1. The van der Waals surface area contributed by atoms with E-state index >= 15 is 0 Å². The van der Waals surface area contributed by atoms with Crippen LogP contribution in [0.3, 0.4) is 0 Å². The van der Waals surface area contributed by atoms with Gasteiger partial charge in [0.05, 0.1) is 29.9 Å². The third-order valence-electron chi connectivity index (χ3n) is 5.81. The molecule has 2 aliphatic rings. The van der Waals surface area contributed by atoms with E-state index in [0.717, 1.165) is 11.3 Å². The van der Waals surface area contributed by atoms with Crippen LogP contribution in [0.4, 0.5) is 5.69 Å². The molecule has 166 valence electrons. The number of nitrogens with one attached hydrogen (secondary N) is 2. The second kappa shape index (κ2) is 8.67. The number of anilines is 1. The summed E-state index contributed by atoms with van der Waals surface area (Å²) in [7, 11) is 1.57. The van der Waals surface area contributed by atoms with E-state index in [-0.39, 0.29) is 11.8 Å². The van der Waals surface area contributed by atoms with E-state index in [1.165, 1.54) is 5.56 Å². The van der Waals surface area contributed by atoms with Gasteiger partial charge in [-0.25, -0.2) is 0 Å². The molecule has 0 fully saturated rings. The molecule has 1 aromatic heterocycles. The maximum absolute atomic E-state index is 13.5. The zero-order valence-electron chi connectivity index (χ0n) is 18.3. The molecular formula is C26H23N3O3S. The Kier molecular flexibility index (Phi) is 5.56. The summed E-state index contributed by atoms with van der Waals surface area (Å²) in [5.41, 5.74) is 3.87. The highest BCUT2D eigenvalue weighted by molar-refractivity contribution is 8.02. The summed E-state index contributed by atoms with van der Waals surface area (Å²) in [5, 5.41) is 12.4. The zero-order valence-corrected chi connectivity index (χ0v) is 19.1. The van der Waals surface area contributed by atoms with Gasteiger partial charge in [0.1, 0.15) is 17.3 Å². The number of rotatable bonds is 6. The summed E-state index contributed by atoms with van der Waals surface area (Å²) in [4.78, 5) is 13.5. The average Bonchev–Trinajstić information content (AvgIpc) is 3.41. The van der Waals surface area contributed by atoms with Crippen molar-refractivity contribution in [2.45, 2.75) is 18.6 Å². The molecular weight excluding hydrogens is 434 g/mol. The summed E-state index contributed by atoms with van der Waals surface area (Å²) in [6.45, 7) is 1.81. The van der Waals surface area contributed by atoms with Crippen LogP contribution in [0.5, 0.6) is 5.75 Å². The van der Waals surface area contributed by atoms with E-state index in [1.807, 2.05) is 60.2 Å². The van der Waals surface area contributed by atoms with Gasteiger partial charge in [0.25, 0.3) is 5.91 Å². The number of para-hydroxylation sites is 2. The van der Waals surface area contributed by atoms with Crippen molar-refractivity contribution in [3.05, 3.63) is 106 Å². The molecule has 0 spiro atoms. The zero-order chi connectivity index (χ0) is 22.9. The third-order valence-corrected chi connectivity index (χ3v) is 6.85. The third kappa shape index (κ3) is 3.74. The predicted octanol–water partition coefficient (Wildman–Crippen LogP) is 5.51. The van der Waals surface area contributed by atoms with Gasteiger partial charge in [0, 0.05) is 17.6 Å². The van der Waals surface area contributed by atoms with Crippen molar-refractivity contribution in [3.8, 4) is 5.75 Å². The Balaban J connectivity index is 1.50. The Labute approximate surface area is 196 Å². The number of hydrogen-bond donors (Lipinski definition) is 2. The van der Waals surface area contributed by atoms with Crippen LogP contribution in [0, 0.1) is 5.41 Å². The molecule has 3 heterocycles. The van der Waals surface area contributed by atoms with Gasteiger partial charge in [-0.05, 0) is 36.8 Å². The molecule has 1 amide bonds. The van der Waals surface area contributed by atoms with Gasteiger partial charge >= 0.3 is 0 Å². The fourth-order valence-corrected chi connectivity index (χ4v) is 5.31. The van der Waals surface area contributed by atoms with Crippen LogP contribution in [-0.2, 0) is 15.3 Å². The van der Waals surface area contributed by atoms with Gasteiger partial charge in [0.2, 0.25) is 0 Å². The summed E-state index contributed by atoms with van der Waals surface area (Å²) in [6, 6.07) is 21.3. The van der Waals surface area contributed by atoms with Gasteiger partial charge < -0.3 is 19.4 Å². The first-order chi connectivity index (χ1) is 16.1. The van der Waals surface area contributed by atoms with Gasteiger partial charge in [-0.3, -0.25) is 10.2 Å². The van der Waals surface area contributed by atoms with Gasteiger partial charge in [-0.1, -0.05) is 54.2 Å². The predicted molar refractivity (Wildman–Crippen MR) is 130 cm³/mol. The van der Waals surface area contributed by atoms with E-state index in [9.17, 15) is 4.79 Å². The summed E-state index contributed by atoms with van der Waals surface area (Å²) in [5.74, 6) is 1.53. The van der Waals surface area contributed by atoms with Gasteiger partial charge in [-0.15, -0.1) is 0 Å². The van der Waals surface area contributed by atoms with Crippen LogP contribution < -0.4 is 10.1 Å². The van der Waals surface area contributed by atoms with E-state index in [4.69, 9.17) is 14.9 Å². The molecule has 0 saturated heterocycles. The molecule has 2 N–H and O–H groups in total. The number of ether oxygens (including phenoxy) is 2. The smallest absolute Gasteiger partial charge is 0.256 e. The summed E-state index contributed by atoms with van der Waals surface area (Å²) < 4.78 is 13.4. The van der Waals surface area contributed by atoms with Crippen LogP contribution in [0.25, 0.3) is 0 Å². The molecule has 0 bridgehead atoms. The van der Waals surface area contributed by atoms with Crippen LogP contribution in [-0.4, -0.2) is 23.4 Å². The number of thioether (sulfide) groups is 1. The van der Waals surface area contributed by atoms with Crippen molar-refractivity contribution in [1.29, 1.82) is 5.41 Å². The van der Waals surface area contributed by atoms with Crippen molar-refractivity contribution in [2.24, 2.45) is 0 Å². The summed E-state index contributed by atoms with van der Waals surface area (Å²) in [6.07, 6.45) is 1.85. The Morgan fingerprint density at radius 1 is 1.12 bits per heavy atom. The highest BCUT2D eigenvalue weighted by Crippen LogP contribution is 2.48. The molecule has 33 heavy (non-hydrogen) atoms. The Morgan fingerprint density at radius 2 is 1.88 bits per heavy atom. The topological polar surface area (TPSA) is 76.3 Å². The Bertz CT molecular complexity index is 1310. The maximum Gasteiger partial charge on any atom is 0.256 e. The number of carbonyl (C=O) groups is 1. The SMILES string of the molecule is COc1ccccc1NC(=O)C1=C(C)OC(SCc2ccccc2)=C2C(=N)n3cccc3C12. The molecule has 0 radical (unpaired) electrons. The first kappa shape index (κ1) is 21.2. The first-order valence-electron chi connectivity index (χ1n) is 10.6. The lowest BCUT2D eigenvalue weighted by atomic mass is 9.87. The quantitative estimate of drug-likeness (QED) is 0.512. The van der Waals surface area contributed by atoms with Crippen molar-refractivity contribution < 1.29 is 14.3 Å². The second-order valence-corrected chi connectivity index (χ2v) is 8.73. The van der Waals surface area contributed by atoms with Crippen LogP contribution in [0.1, 0.15) is 24.1 Å². The van der Waals surface area contributed by atoms with E-state index < -0.39 is 0 Å². The number of carbonyl (C=O) groups excluding carboxylic acids is 1. The normalized spacial score (nSPS) is 16.9. The van der Waals surface area contributed by atoms with Crippen LogP contribution in [0.2, 0.25) is 0 Å². The number of aromatic nitrogens is 1. The van der Waals surface area contributed by atoms with Crippen molar-refractivity contribution >= 4 is 29.2 Å². The van der Waals surface area contributed by atoms with Gasteiger partial charge in [0.15, 0.2) is 5.09 Å². The lowest BCUT2D eigenvalue weighted by molar-refractivity contribution is -0.113. The van der Waals surface area contributed by atoms with Crippen LogP contribution in [0.15, 0.2) is 94.9 Å². The maximum atomic E-state index is 13.5. The number of fused-ring (bicyclic) bond motifs is 3. The number of methoxy groups -OCH3 is 1. The Hall–Kier alpha value is -3.71. The van der Waals surface area contributed by atoms with Crippen molar-refractivity contribution in [1.82, 2.24) is 4.57 Å². The molecule has 6 nitrogen and oxygen atoms in total. The molecule has 1 unspecified atom stereocenters. The minimum absolute atomic E-state index is 0.269. The van der Waals surface area contributed by atoms with E-state index in [1.54, 1.807) is 31.0 Å². The average molecular weight is 458 g/mol. The monoisotopic (exact) mass is 457 g/mol. The molecule has 5 rings (SSSR count). The molecule has 2 aromatic carbocycles. The summed E-state index contributed by atoms with van der Waals surface area (Å²) >= 11 is 1.55. The van der Waals surface area contributed by atoms with Crippen molar-refractivity contribution in [3.63, 3.8) is 0 Å². The first-order valence-corrected chi connectivity index (χ1v) is 11.6. The lowest BCUT2D eigenvalue weighted by Gasteiger charge is -2.27. The van der Waals surface area contributed by atoms with E-state index in [0.29, 0.717) is 39.4 Å². The molecule has 0 aliphatic carbocycles. The van der Waals surface area contributed by atoms with Crippen LogP contribution >= 0.6 is 11.8 Å². The molecule has 7 heteroatoms. The second-order valence-electron chi connectivity index (χ2n) is 7.79. The standard InChI is InChI=1S/C26H23N3O3S/c1-16-21(25(30)28-18-11-6-7-13-20(18)31-2)22-19-12-8-14-29(19)24(27)23(22)26(32-16)33-15-17-9-4-3-5-10-17/h3-14,22,27H,15H2,1-2H3,(H,28,30). The van der Waals surface area contributed by atoms with E-state index in [2.05, 4.69) is 17.4 Å². The highest BCUT2D eigenvalue weighted by atomic mass is 32.2. The lowest BCUT2D eigenvalue weighted by Crippen LogP contribution is -2.25. The number of hydrogen-bond acceptors (Lipinski definition) is 5. The minimum Gasteiger partial charge on any atom is -0.495 e. The number of benzene rings is 2. The minimum atomic E-state index is -0.366. The number of allylic oxidation sites excluding steroid dienone is 2. The fourth-order valence-electron chi connectivity index (χ4n) is 4.27.